The fourth-order valence-corrected chi connectivity index (χ4v) is 2.94. The lowest BCUT2D eigenvalue weighted by atomic mass is 10.1. The third-order valence-electron chi connectivity index (χ3n) is 4.14. The molecular weight excluding hydrogens is 322 g/mol. The standard InChI is InChI=1S/C17H17N5O3/c1-9-13(7-22(3)20-9)17(23)19-14-8-24-15-6-11(4-5-12(14)15)16-18-10(2)25-21-16/h4-7,14H,8H2,1-3H3,(H,19,23)/t14-/m1/s1. The van der Waals surface area contributed by atoms with Crippen molar-refractivity contribution >= 4 is 5.91 Å². The molecule has 0 bridgehead atoms. The summed E-state index contributed by atoms with van der Waals surface area (Å²) in [4.78, 5) is 16.7. The second-order valence-corrected chi connectivity index (χ2v) is 6.03. The Hall–Kier alpha value is -3.16. The number of carbonyl (C=O) groups excluding carboxylic acids is 1. The second-order valence-electron chi connectivity index (χ2n) is 6.03. The minimum absolute atomic E-state index is 0.162. The summed E-state index contributed by atoms with van der Waals surface area (Å²) < 4.78 is 12.4. The number of nitrogens with one attached hydrogen (secondary N) is 1. The highest BCUT2D eigenvalue weighted by Crippen LogP contribution is 2.35. The molecule has 3 heterocycles. The van der Waals surface area contributed by atoms with E-state index in [1.54, 1.807) is 24.9 Å². The Morgan fingerprint density at radius 3 is 2.88 bits per heavy atom. The number of hydrogen-bond acceptors (Lipinski definition) is 6. The molecule has 0 saturated carbocycles. The lowest BCUT2D eigenvalue weighted by Gasteiger charge is -2.11. The zero-order valence-electron chi connectivity index (χ0n) is 14.1. The van der Waals surface area contributed by atoms with Crippen LogP contribution in [0.3, 0.4) is 0 Å². The third-order valence-corrected chi connectivity index (χ3v) is 4.14. The van der Waals surface area contributed by atoms with E-state index >= 15 is 0 Å². The molecule has 8 heteroatoms. The van der Waals surface area contributed by atoms with Crippen LogP contribution in [0.1, 0.15) is 33.5 Å². The quantitative estimate of drug-likeness (QED) is 0.784. The van der Waals surface area contributed by atoms with E-state index in [2.05, 4.69) is 20.6 Å². The molecule has 1 aromatic carbocycles. The first-order chi connectivity index (χ1) is 12.0. The van der Waals surface area contributed by atoms with Crippen LogP contribution in [0.15, 0.2) is 28.9 Å². The molecule has 0 unspecified atom stereocenters. The first-order valence-electron chi connectivity index (χ1n) is 7.90. The largest absolute Gasteiger partial charge is 0.491 e. The van der Waals surface area contributed by atoms with Crippen LogP contribution in [-0.4, -0.2) is 32.4 Å². The maximum atomic E-state index is 12.5. The predicted molar refractivity (Wildman–Crippen MR) is 88.1 cm³/mol. The molecule has 0 aliphatic carbocycles. The minimum atomic E-state index is -0.205. The molecular formula is C17H17N5O3. The number of ether oxygens (including phenoxy) is 1. The zero-order valence-corrected chi connectivity index (χ0v) is 14.1. The van der Waals surface area contributed by atoms with Crippen LogP contribution in [0.5, 0.6) is 5.75 Å². The van der Waals surface area contributed by atoms with Gasteiger partial charge in [-0.2, -0.15) is 10.1 Å². The Morgan fingerprint density at radius 2 is 2.20 bits per heavy atom. The molecule has 0 spiro atoms. The smallest absolute Gasteiger partial charge is 0.255 e. The van der Waals surface area contributed by atoms with Crippen molar-refractivity contribution in [3.05, 3.63) is 47.1 Å². The molecule has 128 valence electrons. The number of rotatable bonds is 3. The van der Waals surface area contributed by atoms with Crippen molar-refractivity contribution in [1.29, 1.82) is 0 Å². The molecule has 1 amide bonds. The molecule has 0 fully saturated rings. The van der Waals surface area contributed by atoms with Crippen LogP contribution in [0, 0.1) is 13.8 Å². The Kier molecular flexibility index (Phi) is 3.52. The second kappa shape index (κ2) is 5.73. The number of carbonyl (C=O) groups is 1. The molecule has 3 aromatic rings. The van der Waals surface area contributed by atoms with Crippen LogP contribution in [-0.2, 0) is 7.05 Å². The lowest BCUT2D eigenvalue weighted by Crippen LogP contribution is -2.29. The van der Waals surface area contributed by atoms with Gasteiger partial charge in [0.05, 0.1) is 17.3 Å². The van der Waals surface area contributed by atoms with E-state index in [1.165, 1.54) is 0 Å². The number of nitrogens with zero attached hydrogens (tertiary/aromatic N) is 4. The van der Waals surface area contributed by atoms with E-state index in [0.29, 0.717) is 35.3 Å². The first-order valence-corrected chi connectivity index (χ1v) is 7.90. The Labute approximate surface area is 143 Å². The topological polar surface area (TPSA) is 95.1 Å². The van der Waals surface area contributed by atoms with E-state index in [0.717, 1.165) is 11.1 Å². The molecule has 8 nitrogen and oxygen atoms in total. The lowest BCUT2D eigenvalue weighted by molar-refractivity contribution is 0.0929. The summed E-state index contributed by atoms with van der Waals surface area (Å²) >= 11 is 0. The van der Waals surface area contributed by atoms with Gasteiger partial charge in [-0.25, -0.2) is 0 Å². The Balaban J connectivity index is 1.56. The summed E-state index contributed by atoms with van der Waals surface area (Å²) in [6.07, 6.45) is 1.71. The highest BCUT2D eigenvalue weighted by Gasteiger charge is 2.27. The van der Waals surface area contributed by atoms with Crippen LogP contribution >= 0.6 is 0 Å². The molecule has 1 aliphatic heterocycles. The van der Waals surface area contributed by atoms with Crippen LogP contribution in [0.25, 0.3) is 11.4 Å². The fourth-order valence-electron chi connectivity index (χ4n) is 2.94. The summed E-state index contributed by atoms with van der Waals surface area (Å²) in [6, 6.07) is 5.47. The molecule has 2 aromatic heterocycles. The summed E-state index contributed by atoms with van der Waals surface area (Å²) in [6.45, 7) is 3.94. The van der Waals surface area contributed by atoms with Crippen LogP contribution in [0.2, 0.25) is 0 Å². The summed E-state index contributed by atoms with van der Waals surface area (Å²) in [5.74, 6) is 1.58. The van der Waals surface area contributed by atoms with Gasteiger partial charge in [-0.15, -0.1) is 0 Å². The van der Waals surface area contributed by atoms with Crippen molar-refractivity contribution in [3.63, 3.8) is 0 Å². The molecule has 0 saturated heterocycles. The van der Waals surface area contributed by atoms with Gasteiger partial charge in [0.1, 0.15) is 12.4 Å². The molecule has 1 atom stereocenters. The Bertz CT molecular complexity index is 959. The van der Waals surface area contributed by atoms with Gasteiger partial charge >= 0.3 is 0 Å². The number of aryl methyl sites for hydroxylation is 3. The predicted octanol–water partition coefficient (Wildman–Crippen LogP) is 1.95. The van der Waals surface area contributed by atoms with E-state index < -0.39 is 0 Å². The van der Waals surface area contributed by atoms with Crippen molar-refractivity contribution in [1.82, 2.24) is 25.2 Å². The molecule has 1 N–H and O–H groups in total. The summed E-state index contributed by atoms with van der Waals surface area (Å²) in [7, 11) is 1.79. The maximum Gasteiger partial charge on any atom is 0.255 e. The number of hydrogen-bond donors (Lipinski definition) is 1. The van der Waals surface area contributed by atoms with Crippen molar-refractivity contribution < 1.29 is 14.1 Å². The highest BCUT2D eigenvalue weighted by atomic mass is 16.5. The van der Waals surface area contributed by atoms with E-state index in [9.17, 15) is 4.79 Å². The summed E-state index contributed by atoms with van der Waals surface area (Å²) in [5.41, 5.74) is 3.00. The molecule has 4 rings (SSSR count). The van der Waals surface area contributed by atoms with Crippen molar-refractivity contribution in [2.75, 3.05) is 6.61 Å². The first kappa shape index (κ1) is 15.4. The van der Waals surface area contributed by atoms with Crippen molar-refractivity contribution in [2.24, 2.45) is 7.05 Å². The van der Waals surface area contributed by atoms with Crippen LogP contribution < -0.4 is 10.1 Å². The molecule has 0 radical (unpaired) electrons. The molecule has 1 aliphatic rings. The van der Waals surface area contributed by atoms with Gasteiger partial charge in [0.15, 0.2) is 0 Å². The van der Waals surface area contributed by atoms with Gasteiger partial charge < -0.3 is 14.6 Å². The monoisotopic (exact) mass is 339 g/mol. The molecule has 25 heavy (non-hydrogen) atoms. The van der Waals surface area contributed by atoms with E-state index in [4.69, 9.17) is 9.26 Å². The van der Waals surface area contributed by atoms with Gasteiger partial charge in [0.25, 0.3) is 5.91 Å². The van der Waals surface area contributed by atoms with E-state index in [-0.39, 0.29) is 11.9 Å². The maximum absolute atomic E-state index is 12.5. The van der Waals surface area contributed by atoms with E-state index in [1.807, 2.05) is 25.1 Å². The SMILES string of the molecule is Cc1nc(-c2ccc3c(c2)OC[C@H]3NC(=O)c2cn(C)nc2C)no1. The number of benzene rings is 1. The van der Waals surface area contributed by atoms with Gasteiger partial charge in [0, 0.05) is 31.3 Å². The summed E-state index contributed by atoms with van der Waals surface area (Å²) in [5, 5.41) is 11.1. The zero-order chi connectivity index (χ0) is 17.6. The number of fused-ring (bicyclic) bond motifs is 1. The number of aromatic nitrogens is 4. The minimum Gasteiger partial charge on any atom is -0.491 e. The van der Waals surface area contributed by atoms with Crippen LogP contribution in [0.4, 0.5) is 0 Å². The average Bonchev–Trinajstić information content (AvgIpc) is 3.26. The fraction of sp³-hybridized carbons (Fsp3) is 0.294. The third kappa shape index (κ3) is 2.75. The van der Waals surface area contributed by atoms with Gasteiger partial charge in [-0.1, -0.05) is 17.3 Å². The van der Waals surface area contributed by atoms with Gasteiger partial charge in [0.2, 0.25) is 11.7 Å². The number of amides is 1. The highest BCUT2D eigenvalue weighted by molar-refractivity contribution is 5.95. The Morgan fingerprint density at radius 1 is 1.36 bits per heavy atom. The van der Waals surface area contributed by atoms with Gasteiger partial charge in [-0.05, 0) is 13.0 Å². The normalized spacial score (nSPS) is 15.7. The van der Waals surface area contributed by atoms with Crippen molar-refractivity contribution in [2.45, 2.75) is 19.9 Å². The van der Waals surface area contributed by atoms with Crippen molar-refractivity contribution in [3.8, 4) is 17.1 Å². The van der Waals surface area contributed by atoms with Gasteiger partial charge in [-0.3, -0.25) is 9.48 Å². The average molecular weight is 339 g/mol.